The van der Waals surface area contributed by atoms with Gasteiger partial charge in [0, 0.05) is 6.42 Å². The number of hydrogen-bond acceptors (Lipinski definition) is 1. The van der Waals surface area contributed by atoms with Gasteiger partial charge in [-0.2, -0.15) is 0 Å². The first-order valence-corrected chi connectivity index (χ1v) is 6.44. The first kappa shape index (κ1) is 9.89. The van der Waals surface area contributed by atoms with Crippen molar-refractivity contribution >= 4 is 11.0 Å². The molecule has 4 rings (SSSR count). The van der Waals surface area contributed by atoms with Crippen LogP contribution in [0.1, 0.15) is 23.9 Å². The second-order valence-electron chi connectivity index (χ2n) is 4.85. The molecule has 1 aromatic heterocycles. The molecule has 0 amide bonds. The van der Waals surface area contributed by atoms with Crippen LogP contribution in [0.15, 0.2) is 54.6 Å². The van der Waals surface area contributed by atoms with Gasteiger partial charge in [-0.15, -0.1) is 0 Å². The number of imidazole rings is 1. The molecule has 0 saturated heterocycles. The fourth-order valence-corrected chi connectivity index (χ4v) is 3.00. The summed E-state index contributed by atoms with van der Waals surface area (Å²) in [5.74, 6) is 1.23. The molecule has 1 unspecified atom stereocenters. The third-order valence-electron chi connectivity index (χ3n) is 3.81. The van der Waals surface area contributed by atoms with Crippen LogP contribution in [-0.4, -0.2) is 9.55 Å². The van der Waals surface area contributed by atoms with Gasteiger partial charge in [-0.3, -0.25) is 0 Å². The molecule has 0 fully saturated rings. The predicted octanol–water partition coefficient (Wildman–Crippen LogP) is 3.57. The van der Waals surface area contributed by atoms with Crippen LogP contribution in [-0.2, 0) is 6.42 Å². The quantitative estimate of drug-likeness (QED) is 0.629. The zero-order valence-corrected chi connectivity index (χ0v) is 10.1. The van der Waals surface area contributed by atoms with Gasteiger partial charge in [0.15, 0.2) is 0 Å². The van der Waals surface area contributed by atoms with Gasteiger partial charge in [-0.05, 0) is 24.1 Å². The third-order valence-corrected chi connectivity index (χ3v) is 3.81. The summed E-state index contributed by atoms with van der Waals surface area (Å²) in [7, 11) is 0. The van der Waals surface area contributed by atoms with Gasteiger partial charge in [-0.25, -0.2) is 4.98 Å². The SMILES string of the molecule is c1ccc(C2CCc3nc4ccccc4n32)cc1. The van der Waals surface area contributed by atoms with Gasteiger partial charge in [0.05, 0.1) is 17.1 Å². The fourth-order valence-electron chi connectivity index (χ4n) is 3.00. The molecule has 2 nitrogen and oxygen atoms in total. The van der Waals surface area contributed by atoms with Gasteiger partial charge < -0.3 is 4.57 Å². The Labute approximate surface area is 106 Å². The molecule has 2 aromatic carbocycles. The van der Waals surface area contributed by atoms with Gasteiger partial charge in [0.1, 0.15) is 5.82 Å². The van der Waals surface area contributed by atoms with Crippen LogP contribution >= 0.6 is 0 Å². The highest BCUT2D eigenvalue weighted by Gasteiger charge is 2.26. The van der Waals surface area contributed by atoms with E-state index in [0.717, 1.165) is 18.4 Å². The molecule has 0 radical (unpaired) electrons. The molecule has 1 atom stereocenters. The lowest BCUT2D eigenvalue weighted by Crippen LogP contribution is -2.04. The minimum absolute atomic E-state index is 0.452. The van der Waals surface area contributed by atoms with E-state index in [1.165, 1.54) is 16.9 Å². The van der Waals surface area contributed by atoms with E-state index in [0.29, 0.717) is 6.04 Å². The molecular weight excluding hydrogens is 220 g/mol. The monoisotopic (exact) mass is 234 g/mol. The highest BCUT2D eigenvalue weighted by molar-refractivity contribution is 5.76. The molecule has 0 spiro atoms. The molecule has 0 saturated carbocycles. The van der Waals surface area contributed by atoms with Crippen molar-refractivity contribution < 1.29 is 0 Å². The Balaban J connectivity index is 1.93. The van der Waals surface area contributed by atoms with Crippen molar-refractivity contribution in [3.63, 3.8) is 0 Å². The molecule has 2 heterocycles. The number of fused-ring (bicyclic) bond motifs is 3. The van der Waals surface area contributed by atoms with Crippen LogP contribution in [0, 0.1) is 0 Å². The van der Waals surface area contributed by atoms with Gasteiger partial charge in [-0.1, -0.05) is 42.5 Å². The van der Waals surface area contributed by atoms with Gasteiger partial charge in [0.25, 0.3) is 0 Å². The second-order valence-corrected chi connectivity index (χ2v) is 4.85. The highest BCUT2D eigenvalue weighted by atomic mass is 15.1. The topological polar surface area (TPSA) is 17.8 Å². The Bertz CT molecular complexity index is 697. The first-order chi connectivity index (χ1) is 8.93. The standard InChI is InChI=1S/C16H14N2/c1-2-6-12(7-3-1)14-10-11-16-17-13-8-4-5-9-15(13)18(14)16/h1-9,14H,10-11H2. The lowest BCUT2D eigenvalue weighted by Gasteiger charge is -2.14. The van der Waals surface area contributed by atoms with Crippen LogP contribution in [0.4, 0.5) is 0 Å². The van der Waals surface area contributed by atoms with Crippen LogP contribution in [0.5, 0.6) is 0 Å². The Morgan fingerprint density at radius 2 is 1.72 bits per heavy atom. The van der Waals surface area contributed by atoms with Crippen molar-refractivity contribution in [2.75, 3.05) is 0 Å². The maximum Gasteiger partial charge on any atom is 0.110 e. The third kappa shape index (κ3) is 1.32. The summed E-state index contributed by atoms with van der Waals surface area (Å²) in [6.45, 7) is 0. The molecule has 18 heavy (non-hydrogen) atoms. The van der Waals surface area contributed by atoms with E-state index in [9.17, 15) is 0 Å². The Morgan fingerprint density at radius 1 is 0.944 bits per heavy atom. The summed E-state index contributed by atoms with van der Waals surface area (Å²) < 4.78 is 2.41. The first-order valence-electron chi connectivity index (χ1n) is 6.44. The Hall–Kier alpha value is -2.09. The van der Waals surface area contributed by atoms with Crippen molar-refractivity contribution in [3.8, 4) is 0 Å². The molecule has 88 valence electrons. The normalized spacial score (nSPS) is 18.1. The lowest BCUT2D eigenvalue weighted by atomic mass is 10.0. The summed E-state index contributed by atoms with van der Waals surface area (Å²) >= 11 is 0. The number of aromatic nitrogens is 2. The fraction of sp³-hybridized carbons (Fsp3) is 0.188. The van der Waals surface area contributed by atoms with E-state index < -0.39 is 0 Å². The van der Waals surface area contributed by atoms with Crippen LogP contribution in [0.2, 0.25) is 0 Å². The van der Waals surface area contributed by atoms with Gasteiger partial charge in [0.2, 0.25) is 0 Å². The number of nitrogens with zero attached hydrogens (tertiary/aromatic N) is 2. The van der Waals surface area contributed by atoms with E-state index in [2.05, 4.69) is 59.2 Å². The van der Waals surface area contributed by atoms with E-state index in [-0.39, 0.29) is 0 Å². The van der Waals surface area contributed by atoms with E-state index in [1.807, 2.05) is 0 Å². The Kier molecular flexibility index (Phi) is 2.04. The number of aryl methyl sites for hydroxylation is 1. The number of hydrogen-bond donors (Lipinski definition) is 0. The average molecular weight is 234 g/mol. The van der Waals surface area contributed by atoms with E-state index in [1.54, 1.807) is 0 Å². The van der Waals surface area contributed by atoms with Crippen LogP contribution < -0.4 is 0 Å². The van der Waals surface area contributed by atoms with E-state index >= 15 is 0 Å². The Morgan fingerprint density at radius 3 is 2.61 bits per heavy atom. The zero-order chi connectivity index (χ0) is 11.9. The summed E-state index contributed by atoms with van der Waals surface area (Å²) in [6, 6.07) is 19.6. The minimum Gasteiger partial charge on any atom is -0.320 e. The molecule has 0 N–H and O–H groups in total. The maximum atomic E-state index is 4.73. The summed E-state index contributed by atoms with van der Waals surface area (Å²) in [4.78, 5) is 4.73. The van der Waals surface area contributed by atoms with Crippen molar-refractivity contribution in [1.29, 1.82) is 0 Å². The largest absolute Gasteiger partial charge is 0.320 e. The van der Waals surface area contributed by atoms with Crippen molar-refractivity contribution in [1.82, 2.24) is 9.55 Å². The van der Waals surface area contributed by atoms with Crippen LogP contribution in [0.3, 0.4) is 0 Å². The molecule has 0 bridgehead atoms. The highest BCUT2D eigenvalue weighted by Crippen LogP contribution is 2.34. The van der Waals surface area contributed by atoms with Crippen molar-refractivity contribution in [3.05, 3.63) is 66.0 Å². The lowest BCUT2D eigenvalue weighted by molar-refractivity contribution is 0.637. The number of rotatable bonds is 1. The molecule has 2 heteroatoms. The smallest absolute Gasteiger partial charge is 0.110 e. The average Bonchev–Trinajstić information content (AvgIpc) is 2.98. The number of para-hydroxylation sites is 2. The summed E-state index contributed by atoms with van der Waals surface area (Å²) in [5.41, 5.74) is 3.77. The van der Waals surface area contributed by atoms with Crippen LogP contribution in [0.25, 0.3) is 11.0 Å². The number of benzene rings is 2. The second kappa shape index (κ2) is 3.70. The van der Waals surface area contributed by atoms with Crippen molar-refractivity contribution in [2.24, 2.45) is 0 Å². The molecule has 1 aliphatic heterocycles. The predicted molar refractivity (Wildman–Crippen MR) is 72.6 cm³/mol. The van der Waals surface area contributed by atoms with E-state index in [4.69, 9.17) is 4.98 Å². The molecule has 3 aromatic rings. The summed E-state index contributed by atoms with van der Waals surface area (Å²) in [5, 5.41) is 0. The summed E-state index contributed by atoms with van der Waals surface area (Å²) in [6.07, 6.45) is 2.24. The minimum atomic E-state index is 0.452. The van der Waals surface area contributed by atoms with Gasteiger partial charge >= 0.3 is 0 Å². The molecule has 0 aliphatic carbocycles. The maximum absolute atomic E-state index is 4.73. The molecular formula is C16H14N2. The molecule has 1 aliphatic rings. The zero-order valence-electron chi connectivity index (χ0n) is 10.1. The van der Waals surface area contributed by atoms with Crippen molar-refractivity contribution in [2.45, 2.75) is 18.9 Å².